The van der Waals surface area contributed by atoms with Crippen molar-refractivity contribution in [3.63, 3.8) is 0 Å². The van der Waals surface area contributed by atoms with Crippen molar-refractivity contribution in [1.29, 1.82) is 0 Å². The average Bonchev–Trinajstić information content (AvgIpc) is 2.80. The zero-order chi connectivity index (χ0) is 14.2. The van der Waals surface area contributed by atoms with Crippen molar-refractivity contribution in [3.8, 4) is 0 Å². The molecule has 0 aromatic heterocycles. The van der Waals surface area contributed by atoms with Crippen LogP contribution >= 0.6 is 0 Å². The minimum atomic E-state index is -1.04. The van der Waals surface area contributed by atoms with Crippen LogP contribution in [0.4, 0.5) is 4.39 Å². The Kier molecular flexibility index (Phi) is 3.35. The number of fused-ring (bicyclic) bond motifs is 1. The van der Waals surface area contributed by atoms with Gasteiger partial charge in [-0.3, -0.25) is 0 Å². The fourth-order valence-electron chi connectivity index (χ4n) is 3.21. The second-order valence-electron chi connectivity index (χ2n) is 5.58. The second kappa shape index (κ2) is 5.02. The predicted octanol–water partition coefficient (Wildman–Crippen LogP) is 3.96. The Hall–Kier alpha value is -1.67. The molecular formula is C18H19FO. The summed E-state index contributed by atoms with van der Waals surface area (Å²) in [6.45, 7) is 2.14. The average molecular weight is 270 g/mol. The first kappa shape index (κ1) is 13.3. The van der Waals surface area contributed by atoms with Gasteiger partial charge in [-0.2, -0.15) is 0 Å². The first-order valence-corrected chi connectivity index (χ1v) is 7.25. The summed E-state index contributed by atoms with van der Waals surface area (Å²) in [5, 5.41) is 11.1. The highest BCUT2D eigenvalue weighted by atomic mass is 19.1. The molecule has 1 atom stereocenters. The van der Waals surface area contributed by atoms with Crippen LogP contribution in [-0.4, -0.2) is 5.11 Å². The zero-order valence-electron chi connectivity index (χ0n) is 11.7. The van der Waals surface area contributed by atoms with Gasteiger partial charge in [0.15, 0.2) is 0 Å². The van der Waals surface area contributed by atoms with E-state index in [1.165, 1.54) is 11.6 Å². The fraction of sp³-hybridized carbons (Fsp3) is 0.333. The van der Waals surface area contributed by atoms with Crippen LogP contribution in [0.25, 0.3) is 0 Å². The lowest BCUT2D eigenvalue weighted by atomic mass is 9.86. The van der Waals surface area contributed by atoms with E-state index in [4.69, 9.17) is 0 Å². The molecule has 1 N–H and O–H groups in total. The molecule has 1 aliphatic carbocycles. The van der Waals surface area contributed by atoms with E-state index < -0.39 is 5.60 Å². The standard InChI is InChI=1S/C18H19FO/c1-2-5-13-6-3-7-14(12-13)18(20)11-10-15-16(18)8-4-9-17(15)19/h3-4,6-9,12,20H,2,5,10-11H2,1H3. The molecule has 0 aliphatic heterocycles. The van der Waals surface area contributed by atoms with E-state index in [-0.39, 0.29) is 5.82 Å². The highest BCUT2D eigenvalue weighted by Gasteiger charge is 2.39. The quantitative estimate of drug-likeness (QED) is 0.895. The minimum absolute atomic E-state index is 0.205. The van der Waals surface area contributed by atoms with Gasteiger partial charge in [0.25, 0.3) is 0 Å². The van der Waals surface area contributed by atoms with Gasteiger partial charge in [0.2, 0.25) is 0 Å². The van der Waals surface area contributed by atoms with Crippen molar-refractivity contribution in [2.24, 2.45) is 0 Å². The fourth-order valence-corrected chi connectivity index (χ4v) is 3.21. The van der Waals surface area contributed by atoms with E-state index >= 15 is 0 Å². The van der Waals surface area contributed by atoms with E-state index in [9.17, 15) is 9.50 Å². The molecule has 2 aromatic rings. The lowest BCUT2D eigenvalue weighted by molar-refractivity contribution is 0.0828. The van der Waals surface area contributed by atoms with Crippen LogP contribution in [0.15, 0.2) is 42.5 Å². The van der Waals surface area contributed by atoms with Crippen LogP contribution in [0, 0.1) is 5.82 Å². The number of rotatable bonds is 3. The molecule has 0 bridgehead atoms. The van der Waals surface area contributed by atoms with Crippen molar-refractivity contribution in [3.05, 3.63) is 70.5 Å². The summed E-state index contributed by atoms with van der Waals surface area (Å²) in [4.78, 5) is 0. The largest absolute Gasteiger partial charge is 0.380 e. The van der Waals surface area contributed by atoms with Gasteiger partial charge in [-0.15, -0.1) is 0 Å². The van der Waals surface area contributed by atoms with Crippen molar-refractivity contribution in [2.75, 3.05) is 0 Å². The summed E-state index contributed by atoms with van der Waals surface area (Å²) in [6.07, 6.45) is 3.22. The summed E-state index contributed by atoms with van der Waals surface area (Å²) < 4.78 is 13.8. The normalized spacial score (nSPS) is 20.9. The highest BCUT2D eigenvalue weighted by Crippen LogP contribution is 2.42. The van der Waals surface area contributed by atoms with Gasteiger partial charge in [0, 0.05) is 0 Å². The zero-order valence-corrected chi connectivity index (χ0v) is 11.7. The molecule has 104 valence electrons. The molecule has 0 fully saturated rings. The van der Waals surface area contributed by atoms with Crippen LogP contribution < -0.4 is 0 Å². The third-order valence-electron chi connectivity index (χ3n) is 4.24. The highest BCUT2D eigenvalue weighted by molar-refractivity contribution is 5.46. The van der Waals surface area contributed by atoms with Gasteiger partial charge in [0.05, 0.1) is 0 Å². The van der Waals surface area contributed by atoms with Gasteiger partial charge in [-0.25, -0.2) is 4.39 Å². The van der Waals surface area contributed by atoms with E-state index in [1.807, 2.05) is 18.2 Å². The molecule has 0 amide bonds. The maximum atomic E-state index is 13.8. The molecule has 0 spiro atoms. The topological polar surface area (TPSA) is 20.2 Å². The van der Waals surface area contributed by atoms with Gasteiger partial charge >= 0.3 is 0 Å². The Morgan fingerprint density at radius 3 is 2.80 bits per heavy atom. The molecule has 1 unspecified atom stereocenters. The second-order valence-corrected chi connectivity index (χ2v) is 5.58. The molecule has 1 aliphatic rings. The van der Waals surface area contributed by atoms with Crippen molar-refractivity contribution >= 4 is 0 Å². The smallest absolute Gasteiger partial charge is 0.126 e. The lowest BCUT2D eigenvalue weighted by Crippen LogP contribution is -2.24. The number of aryl methyl sites for hydroxylation is 1. The van der Waals surface area contributed by atoms with E-state index in [0.717, 1.165) is 24.0 Å². The summed E-state index contributed by atoms with van der Waals surface area (Å²) in [5.74, 6) is -0.205. The number of hydrogen-bond donors (Lipinski definition) is 1. The van der Waals surface area contributed by atoms with E-state index in [2.05, 4.69) is 19.1 Å². The molecule has 20 heavy (non-hydrogen) atoms. The maximum absolute atomic E-state index is 13.8. The Morgan fingerprint density at radius 1 is 1.20 bits per heavy atom. The predicted molar refractivity (Wildman–Crippen MR) is 78.2 cm³/mol. The molecule has 3 rings (SSSR count). The lowest BCUT2D eigenvalue weighted by Gasteiger charge is -2.25. The molecule has 0 radical (unpaired) electrons. The Balaban J connectivity index is 2.07. The Labute approximate surface area is 119 Å². The molecule has 2 aromatic carbocycles. The van der Waals surface area contributed by atoms with Crippen LogP contribution in [0.3, 0.4) is 0 Å². The van der Waals surface area contributed by atoms with Crippen molar-refractivity contribution in [2.45, 2.75) is 38.2 Å². The number of hydrogen-bond acceptors (Lipinski definition) is 1. The van der Waals surface area contributed by atoms with Crippen LogP contribution in [0.2, 0.25) is 0 Å². The van der Waals surface area contributed by atoms with Gasteiger partial charge < -0.3 is 5.11 Å². The maximum Gasteiger partial charge on any atom is 0.126 e. The van der Waals surface area contributed by atoms with Crippen LogP contribution in [0.5, 0.6) is 0 Å². The molecule has 2 heteroatoms. The third kappa shape index (κ3) is 2.04. The summed E-state index contributed by atoms with van der Waals surface area (Å²) in [7, 11) is 0. The van der Waals surface area contributed by atoms with E-state index in [1.54, 1.807) is 6.07 Å². The van der Waals surface area contributed by atoms with Gasteiger partial charge in [0.1, 0.15) is 11.4 Å². The van der Waals surface area contributed by atoms with Crippen molar-refractivity contribution in [1.82, 2.24) is 0 Å². The summed E-state index contributed by atoms with van der Waals surface area (Å²) in [5.41, 5.74) is 2.46. The molecule has 0 saturated carbocycles. The summed E-state index contributed by atoms with van der Waals surface area (Å²) >= 11 is 0. The molecule has 1 nitrogen and oxygen atoms in total. The number of aliphatic hydroxyl groups is 1. The number of halogens is 1. The first-order chi connectivity index (χ1) is 9.65. The van der Waals surface area contributed by atoms with Gasteiger partial charge in [-0.1, -0.05) is 49.7 Å². The van der Waals surface area contributed by atoms with Crippen LogP contribution in [0.1, 0.15) is 42.0 Å². The first-order valence-electron chi connectivity index (χ1n) is 7.25. The third-order valence-corrected chi connectivity index (χ3v) is 4.24. The Bertz CT molecular complexity index is 635. The van der Waals surface area contributed by atoms with Crippen molar-refractivity contribution < 1.29 is 9.50 Å². The molecular weight excluding hydrogens is 251 g/mol. The monoisotopic (exact) mass is 270 g/mol. The van der Waals surface area contributed by atoms with Crippen LogP contribution in [-0.2, 0) is 18.4 Å². The summed E-state index contributed by atoms with van der Waals surface area (Å²) in [6, 6.07) is 13.1. The molecule has 0 saturated heterocycles. The van der Waals surface area contributed by atoms with E-state index in [0.29, 0.717) is 18.4 Å². The number of benzene rings is 2. The van der Waals surface area contributed by atoms with Gasteiger partial charge in [-0.05, 0) is 47.6 Å². The minimum Gasteiger partial charge on any atom is -0.380 e. The SMILES string of the molecule is CCCc1cccc(C2(O)CCc3c(F)cccc32)c1. The molecule has 0 heterocycles. The Morgan fingerprint density at radius 2 is 2.00 bits per heavy atom.